The standard InChI is InChI=1S/C18H21N3O5S/c1-4-20-11-6-5-7-13(22)16(11)17(19-18(20)27)10-8-14(25-2)15(26-3)9-12(10)21(23)24/h8-9,17H,4-7H2,1-3H3,(H,19,27). The molecular weight excluding hydrogens is 370 g/mol. The van der Waals surface area contributed by atoms with Crippen LogP contribution in [0.1, 0.15) is 37.8 Å². The van der Waals surface area contributed by atoms with Crippen LogP contribution in [0.5, 0.6) is 11.5 Å². The summed E-state index contributed by atoms with van der Waals surface area (Å²) >= 11 is 5.47. The summed E-state index contributed by atoms with van der Waals surface area (Å²) in [5.41, 5.74) is 1.58. The number of hydrogen-bond acceptors (Lipinski definition) is 6. The molecule has 1 atom stereocenters. The molecule has 1 unspecified atom stereocenters. The molecule has 0 spiro atoms. The number of hydrogen-bond donors (Lipinski definition) is 1. The van der Waals surface area contributed by atoms with Gasteiger partial charge in [0.1, 0.15) is 0 Å². The summed E-state index contributed by atoms with van der Waals surface area (Å²) in [6.45, 7) is 2.58. The van der Waals surface area contributed by atoms with Gasteiger partial charge in [0.25, 0.3) is 5.69 Å². The summed E-state index contributed by atoms with van der Waals surface area (Å²) in [6, 6.07) is 2.17. The molecule has 2 aliphatic rings. The van der Waals surface area contributed by atoms with E-state index in [1.165, 1.54) is 20.3 Å². The van der Waals surface area contributed by atoms with Gasteiger partial charge >= 0.3 is 0 Å². The molecule has 0 fully saturated rings. The van der Waals surface area contributed by atoms with Crippen LogP contribution in [0.3, 0.4) is 0 Å². The predicted octanol–water partition coefficient (Wildman–Crippen LogP) is 2.87. The van der Waals surface area contributed by atoms with Crippen molar-refractivity contribution in [3.05, 3.63) is 39.1 Å². The Labute approximate surface area is 162 Å². The summed E-state index contributed by atoms with van der Waals surface area (Å²) in [5.74, 6) is 0.596. The van der Waals surface area contributed by atoms with Crippen molar-refractivity contribution < 1.29 is 19.2 Å². The van der Waals surface area contributed by atoms with Crippen LogP contribution in [0, 0.1) is 10.1 Å². The molecule has 0 bridgehead atoms. The Morgan fingerprint density at radius 1 is 1.30 bits per heavy atom. The molecule has 1 aliphatic heterocycles. The molecule has 3 rings (SSSR count). The molecule has 1 aromatic rings. The van der Waals surface area contributed by atoms with E-state index in [9.17, 15) is 14.9 Å². The van der Waals surface area contributed by atoms with Crippen LogP contribution in [0.25, 0.3) is 0 Å². The fraction of sp³-hybridized carbons (Fsp3) is 0.444. The third-order valence-electron chi connectivity index (χ3n) is 4.91. The zero-order chi connectivity index (χ0) is 19.7. The Morgan fingerprint density at radius 2 is 1.96 bits per heavy atom. The highest BCUT2D eigenvalue weighted by Crippen LogP contribution is 2.43. The van der Waals surface area contributed by atoms with Gasteiger partial charge in [0.05, 0.1) is 36.8 Å². The maximum Gasteiger partial charge on any atom is 0.279 e. The van der Waals surface area contributed by atoms with Crippen molar-refractivity contribution in [3.63, 3.8) is 0 Å². The van der Waals surface area contributed by atoms with E-state index in [2.05, 4.69) is 5.32 Å². The maximum atomic E-state index is 12.7. The quantitative estimate of drug-likeness (QED) is 0.465. The van der Waals surface area contributed by atoms with E-state index in [-0.39, 0.29) is 17.2 Å². The molecule has 1 aliphatic carbocycles. The van der Waals surface area contributed by atoms with Crippen molar-refractivity contribution in [1.82, 2.24) is 10.2 Å². The number of nitro groups is 1. The van der Waals surface area contributed by atoms with Gasteiger partial charge in [-0.05, 0) is 38.0 Å². The van der Waals surface area contributed by atoms with Crippen LogP contribution in [0.15, 0.2) is 23.4 Å². The number of nitrogens with zero attached hydrogens (tertiary/aromatic N) is 2. The lowest BCUT2D eigenvalue weighted by Crippen LogP contribution is -2.49. The van der Waals surface area contributed by atoms with Crippen molar-refractivity contribution in [2.75, 3.05) is 20.8 Å². The number of carbonyl (C=O) groups excluding carboxylic acids is 1. The van der Waals surface area contributed by atoms with Crippen LogP contribution in [-0.4, -0.2) is 41.5 Å². The zero-order valence-corrected chi connectivity index (χ0v) is 16.2. The van der Waals surface area contributed by atoms with Gasteiger partial charge in [0, 0.05) is 24.2 Å². The molecule has 0 amide bonds. The molecule has 8 nitrogen and oxygen atoms in total. The van der Waals surface area contributed by atoms with Crippen LogP contribution < -0.4 is 14.8 Å². The van der Waals surface area contributed by atoms with Crippen LogP contribution in [-0.2, 0) is 4.79 Å². The molecule has 0 saturated heterocycles. The summed E-state index contributed by atoms with van der Waals surface area (Å²) in [5, 5.41) is 15.3. The first kappa shape index (κ1) is 19.1. The smallest absolute Gasteiger partial charge is 0.279 e. The molecule has 0 radical (unpaired) electrons. The maximum absolute atomic E-state index is 12.7. The normalized spacial score (nSPS) is 19.5. The summed E-state index contributed by atoms with van der Waals surface area (Å²) < 4.78 is 10.5. The van der Waals surface area contributed by atoms with Gasteiger partial charge in [-0.1, -0.05) is 0 Å². The molecule has 144 valence electrons. The predicted molar refractivity (Wildman–Crippen MR) is 103 cm³/mol. The molecule has 1 aromatic carbocycles. The van der Waals surface area contributed by atoms with Gasteiger partial charge in [-0.25, -0.2) is 0 Å². The largest absolute Gasteiger partial charge is 0.493 e. The molecular formula is C18H21N3O5S. The lowest BCUT2D eigenvalue weighted by Gasteiger charge is -2.40. The van der Waals surface area contributed by atoms with Crippen molar-refractivity contribution in [1.29, 1.82) is 0 Å². The minimum atomic E-state index is -0.691. The number of Topliss-reactive ketones (excluding diaryl/α,β-unsaturated/α-hetero) is 1. The molecule has 27 heavy (non-hydrogen) atoms. The van der Waals surface area contributed by atoms with Gasteiger partial charge in [-0.15, -0.1) is 0 Å². The summed E-state index contributed by atoms with van der Waals surface area (Å²) in [6.07, 6.45) is 1.88. The van der Waals surface area contributed by atoms with E-state index in [1.54, 1.807) is 6.07 Å². The fourth-order valence-electron chi connectivity index (χ4n) is 3.69. The lowest BCUT2D eigenvalue weighted by atomic mass is 9.84. The average molecular weight is 391 g/mol. The van der Waals surface area contributed by atoms with Crippen LogP contribution in [0.4, 0.5) is 5.69 Å². The van der Waals surface area contributed by atoms with E-state index in [0.717, 1.165) is 12.1 Å². The van der Waals surface area contributed by atoms with E-state index in [4.69, 9.17) is 21.7 Å². The number of rotatable bonds is 5. The molecule has 1 N–H and O–H groups in total. The summed E-state index contributed by atoms with van der Waals surface area (Å²) in [4.78, 5) is 25.9. The van der Waals surface area contributed by atoms with E-state index in [1.807, 2.05) is 11.8 Å². The topological polar surface area (TPSA) is 93.9 Å². The third-order valence-corrected chi connectivity index (χ3v) is 5.25. The summed E-state index contributed by atoms with van der Waals surface area (Å²) in [7, 11) is 2.88. The number of nitro benzene ring substituents is 1. The zero-order valence-electron chi connectivity index (χ0n) is 15.4. The average Bonchev–Trinajstić information content (AvgIpc) is 2.66. The third kappa shape index (κ3) is 3.23. The first-order chi connectivity index (χ1) is 12.9. The minimum absolute atomic E-state index is 0.0150. The highest BCUT2D eigenvalue weighted by molar-refractivity contribution is 7.80. The Balaban J connectivity index is 2.24. The van der Waals surface area contributed by atoms with Crippen molar-refractivity contribution in [3.8, 4) is 11.5 Å². The van der Waals surface area contributed by atoms with Crippen LogP contribution in [0.2, 0.25) is 0 Å². The molecule has 1 heterocycles. The Kier molecular flexibility index (Phi) is 5.31. The van der Waals surface area contributed by atoms with Crippen molar-refractivity contribution >= 4 is 28.8 Å². The second kappa shape index (κ2) is 7.51. The highest BCUT2D eigenvalue weighted by Gasteiger charge is 2.39. The van der Waals surface area contributed by atoms with E-state index < -0.39 is 11.0 Å². The lowest BCUT2D eigenvalue weighted by molar-refractivity contribution is -0.385. The minimum Gasteiger partial charge on any atom is -0.493 e. The van der Waals surface area contributed by atoms with Gasteiger partial charge < -0.3 is 19.7 Å². The van der Waals surface area contributed by atoms with Gasteiger partial charge in [-0.2, -0.15) is 0 Å². The number of carbonyl (C=O) groups is 1. The monoisotopic (exact) mass is 391 g/mol. The number of ketones is 1. The van der Waals surface area contributed by atoms with Gasteiger partial charge in [0.15, 0.2) is 22.4 Å². The number of ether oxygens (including phenoxy) is 2. The number of allylic oxidation sites excluding steroid dienone is 1. The first-order valence-corrected chi connectivity index (χ1v) is 9.08. The number of methoxy groups -OCH3 is 2. The van der Waals surface area contributed by atoms with Gasteiger partial charge in [0.2, 0.25) is 0 Å². The first-order valence-electron chi connectivity index (χ1n) is 8.67. The number of nitrogens with one attached hydrogen (secondary N) is 1. The Hall–Kier alpha value is -2.68. The molecule has 0 aromatic heterocycles. The van der Waals surface area contributed by atoms with Gasteiger partial charge in [-0.3, -0.25) is 14.9 Å². The molecule has 9 heteroatoms. The fourth-order valence-corrected chi connectivity index (χ4v) is 4.05. The Bertz CT molecular complexity index is 852. The number of benzene rings is 1. The van der Waals surface area contributed by atoms with Crippen LogP contribution >= 0.6 is 12.2 Å². The number of thiocarbonyl (C=S) groups is 1. The molecule has 0 saturated carbocycles. The van der Waals surface area contributed by atoms with Crippen molar-refractivity contribution in [2.24, 2.45) is 0 Å². The van der Waals surface area contributed by atoms with Crippen molar-refractivity contribution in [2.45, 2.75) is 32.2 Å². The second-order valence-corrected chi connectivity index (χ2v) is 6.67. The highest BCUT2D eigenvalue weighted by atomic mass is 32.1. The van der Waals surface area contributed by atoms with E-state index >= 15 is 0 Å². The SMILES string of the molecule is CCN1C(=S)NC(c2cc(OC)c(OC)cc2[N+](=O)[O-])C2=C1CCCC2=O. The van der Waals surface area contributed by atoms with E-state index in [0.29, 0.717) is 41.4 Å². The second-order valence-electron chi connectivity index (χ2n) is 6.29. The Morgan fingerprint density at radius 3 is 2.56 bits per heavy atom.